The van der Waals surface area contributed by atoms with E-state index in [0.717, 1.165) is 29.1 Å². The van der Waals surface area contributed by atoms with E-state index < -0.39 is 0 Å². The molecular weight excluding hydrogens is 440 g/mol. The molecule has 0 radical (unpaired) electrons. The molecule has 0 bridgehead atoms. The molecule has 0 unspecified atom stereocenters. The van der Waals surface area contributed by atoms with Gasteiger partial charge in [0.15, 0.2) is 0 Å². The first-order valence-corrected chi connectivity index (χ1v) is 13.4. The van der Waals surface area contributed by atoms with E-state index in [1.807, 2.05) is 30.8 Å². The average molecular weight is 479 g/mol. The smallest absolute Gasteiger partial charge is 0.338 e. The van der Waals surface area contributed by atoms with Crippen molar-refractivity contribution in [1.82, 2.24) is 0 Å². The maximum Gasteiger partial charge on any atom is 0.338 e. The van der Waals surface area contributed by atoms with Crippen LogP contribution in [0.25, 0.3) is 0 Å². The summed E-state index contributed by atoms with van der Waals surface area (Å²) in [6.07, 6.45) is 5.95. The fourth-order valence-electron chi connectivity index (χ4n) is 4.64. The van der Waals surface area contributed by atoms with E-state index in [1.54, 1.807) is 12.1 Å². The Morgan fingerprint density at radius 3 is 2.44 bits per heavy atom. The van der Waals surface area contributed by atoms with Gasteiger partial charge >= 0.3 is 5.97 Å². The molecule has 2 aromatic carbocycles. The number of unbranched alkanes of at least 4 members (excludes halogenated alkanes) is 3. The number of hydrogen-bond donors (Lipinski definition) is 0. The largest absolute Gasteiger partial charge is 0.487 e. The first kappa shape index (κ1) is 26.2. The van der Waals surface area contributed by atoms with E-state index in [1.165, 1.54) is 36.1 Å². The molecule has 3 rings (SSSR count). The highest BCUT2D eigenvalue weighted by molar-refractivity contribution is 7.99. The Bertz CT molecular complexity index is 1050. The van der Waals surface area contributed by atoms with E-state index in [4.69, 9.17) is 9.47 Å². The molecule has 0 N–H and O–H groups in total. The van der Waals surface area contributed by atoms with E-state index in [9.17, 15) is 4.79 Å². The van der Waals surface area contributed by atoms with Crippen molar-refractivity contribution in [2.24, 2.45) is 0 Å². The highest BCUT2D eigenvalue weighted by Crippen LogP contribution is 2.46. The summed E-state index contributed by atoms with van der Waals surface area (Å²) in [5.74, 6) is 8.49. The highest BCUT2D eigenvalue weighted by Gasteiger charge is 2.39. The van der Waals surface area contributed by atoms with Crippen LogP contribution in [0.5, 0.6) is 5.75 Å². The van der Waals surface area contributed by atoms with Crippen molar-refractivity contribution in [1.29, 1.82) is 0 Å². The molecule has 1 aliphatic rings. The maximum absolute atomic E-state index is 11.9. The van der Waals surface area contributed by atoms with Crippen molar-refractivity contribution >= 4 is 17.7 Å². The molecule has 3 nitrogen and oxygen atoms in total. The van der Waals surface area contributed by atoms with Crippen LogP contribution in [0.4, 0.5) is 0 Å². The first-order valence-electron chi connectivity index (χ1n) is 12.4. The normalized spacial score (nSPS) is 15.5. The predicted octanol–water partition coefficient (Wildman–Crippen LogP) is 7.77. The fraction of sp³-hybridized carbons (Fsp3) is 0.500. The highest BCUT2D eigenvalue weighted by atomic mass is 32.2. The van der Waals surface area contributed by atoms with E-state index in [-0.39, 0.29) is 17.0 Å². The minimum Gasteiger partial charge on any atom is -0.487 e. The van der Waals surface area contributed by atoms with Gasteiger partial charge in [-0.25, -0.2) is 4.79 Å². The van der Waals surface area contributed by atoms with Gasteiger partial charge in [-0.05, 0) is 81.2 Å². The number of esters is 1. The lowest BCUT2D eigenvalue weighted by Gasteiger charge is -2.42. The summed E-state index contributed by atoms with van der Waals surface area (Å²) in [6.45, 7) is 13.3. The SMILES string of the molecule is CCCCCCSc1cc2c(cc1C#Cc1ccc(C(=O)OCC)cc1)C(C)(C)CC(C)(C)O2. The Morgan fingerprint density at radius 1 is 1.03 bits per heavy atom. The van der Waals surface area contributed by atoms with Crippen LogP contribution in [0, 0.1) is 11.8 Å². The van der Waals surface area contributed by atoms with Gasteiger partial charge in [0.05, 0.1) is 12.2 Å². The van der Waals surface area contributed by atoms with Gasteiger partial charge < -0.3 is 9.47 Å². The van der Waals surface area contributed by atoms with Gasteiger partial charge in [0.1, 0.15) is 11.4 Å². The molecule has 0 saturated carbocycles. The zero-order valence-electron chi connectivity index (χ0n) is 21.5. The third kappa shape index (κ3) is 6.83. The summed E-state index contributed by atoms with van der Waals surface area (Å²) in [4.78, 5) is 13.1. The second-order valence-corrected chi connectivity index (χ2v) is 11.4. The number of thioether (sulfide) groups is 1. The predicted molar refractivity (Wildman–Crippen MR) is 142 cm³/mol. The van der Waals surface area contributed by atoms with Crippen LogP contribution in [0.15, 0.2) is 41.3 Å². The van der Waals surface area contributed by atoms with Gasteiger partial charge in [-0.15, -0.1) is 11.8 Å². The Hall–Kier alpha value is -2.38. The van der Waals surface area contributed by atoms with E-state index in [2.05, 4.69) is 58.6 Å². The Kier molecular flexibility index (Phi) is 8.77. The number of ether oxygens (including phenoxy) is 2. The van der Waals surface area contributed by atoms with Crippen LogP contribution in [0.3, 0.4) is 0 Å². The Labute approximate surface area is 210 Å². The van der Waals surface area contributed by atoms with Crippen molar-refractivity contribution in [3.63, 3.8) is 0 Å². The van der Waals surface area contributed by atoms with Gasteiger partial charge in [0.2, 0.25) is 0 Å². The topological polar surface area (TPSA) is 35.5 Å². The molecule has 0 atom stereocenters. The monoisotopic (exact) mass is 478 g/mol. The molecule has 0 saturated heterocycles. The average Bonchev–Trinajstić information content (AvgIpc) is 2.77. The molecule has 4 heteroatoms. The molecule has 34 heavy (non-hydrogen) atoms. The van der Waals surface area contributed by atoms with Crippen LogP contribution in [-0.4, -0.2) is 23.9 Å². The number of hydrogen-bond acceptors (Lipinski definition) is 4. The van der Waals surface area contributed by atoms with Crippen molar-refractivity contribution < 1.29 is 14.3 Å². The molecule has 182 valence electrons. The van der Waals surface area contributed by atoms with E-state index in [0.29, 0.717) is 12.2 Å². The summed E-state index contributed by atoms with van der Waals surface area (Å²) in [5.41, 5.74) is 3.52. The lowest BCUT2D eigenvalue weighted by atomic mass is 9.73. The van der Waals surface area contributed by atoms with Crippen LogP contribution in [0.1, 0.15) is 101 Å². The van der Waals surface area contributed by atoms with Crippen molar-refractivity contribution in [2.75, 3.05) is 12.4 Å². The zero-order valence-corrected chi connectivity index (χ0v) is 22.4. The minimum absolute atomic E-state index is 0.0130. The number of carbonyl (C=O) groups is 1. The molecule has 0 aliphatic carbocycles. The zero-order chi connectivity index (χ0) is 24.8. The van der Waals surface area contributed by atoms with Gasteiger partial charge in [-0.3, -0.25) is 0 Å². The second-order valence-electron chi connectivity index (χ2n) is 10.2. The maximum atomic E-state index is 11.9. The van der Waals surface area contributed by atoms with Crippen molar-refractivity contribution in [3.8, 4) is 17.6 Å². The summed E-state index contributed by atoms with van der Waals surface area (Å²) in [5, 5.41) is 0. The Balaban J connectivity index is 1.91. The first-order chi connectivity index (χ1) is 16.1. The number of rotatable bonds is 8. The summed E-state index contributed by atoms with van der Waals surface area (Å²) in [6, 6.07) is 11.7. The van der Waals surface area contributed by atoms with Gasteiger partial charge in [0, 0.05) is 21.6 Å². The lowest BCUT2D eigenvalue weighted by molar-refractivity contribution is 0.0521. The third-order valence-corrected chi connectivity index (χ3v) is 7.20. The number of benzene rings is 2. The van der Waals surface area contributed by atoms with Crippen molar-refractivity contribution in [2.45, 2.75) is 89.6 Å². The minimum atomic E-state index is -0.302. The van der Waals surface area contributed by atoms with Gasteiger partial charge in [-0.2, -0.15) is 0 Å². The van der Waals surface area contributed by atoms with Crippen LogP contribution >= 0.6 is 11.8 Å². The van der Waals surface area contributed by atoms with Crippen molar-refractivity contribution in [3.05, 3.63) is 58.7 Å². The summed E-state index contributed by atoms with van der Waals surface area (Å²) < 4.78 is 11.5. The standard InChI is InChI=1S/C30H38O3S/c1-7-9-10-11-18-34-27-20-26-25(29(3,4)21-30(5,6)33-26)19-24(27)17-14-22-12-15-23(16-13-22)28(31)32-8-2/h12-13,15-16,19-20H,7-11,18,21H2,1-6H3. The van der Waals surface area contributed by atoms with Crippen LogP contribution in [-0.2, 0) is 10.2 Å². The summed E-state index contributed by atoms with van der Waals surface area (Å²) in [7, 11) is 0. The van der Waals surface area contributed by atoms with Gasteiger partial charge in [-0.1, -0.05) is 51.9 Å². The quantitative estimate of drug-likeness (QED) is 0.168. The molecule has 1 aliphatic heterocycles. The Morgan fingerprint density at radius 2 is 1.76 bits per heavy atom. The third-order valence-electron chi connectivity index (χ3n) is 6.06. The molecule has 0 fully saturated rings. The fourth-order valence-corrected chi connectivity index (χ4v) is 5.66. The van der Waals surface area contributed by atoms with Gasteiger partial charge in [0.25, 0.3) is 0 Å². The lowest BCUT2D eigenvalue weighted by Crippen LogP contribution is -2.41. The molecule has 0 amide bonds. The van der Waals surface area contributed by atoms with E-state index >= 15 is 0 Å². The molecule has 2 aromatic rings. The number of fused-ring (bicyclic) bond motifs is 1. The number of carbonyl (C=O) groups excluding carboxylic acids is 1. The molecule has 1 heterocycles. The molecule has 0 spiro atoms. The second kappa shape index (κ2) is 11.4. The van der Waals surface area contributed by atoms with Crippen LogP contribution < -0.4 is 4.74 Å². The molecular formula is C30H38O3S. The molecule has 0 aromatic heterocycles. The summed E-state index contributed by atoms with van der Waals surface area (Å²) >= 11 is 1.87. The van der Waals surface area contributed by atoms with Crippen LogP contribution in [0.2, 0.25) is 0 Å².